The van der Waals surface area contributed by atoms with Gasteiger partial charge in [0.1, 0.15) is 11.6 Å². The number of carbonyl (C=O) groups excluding carboxylic acids is 1. The van der Waals surface area contributed by atoms with E-state index in [4.69, 9.17) is 9.72 Å². The Morgan fingerprint density at radius 2 is 1.47 bits per heavy atom. The van der Waals surface area contributed by atoms with E-state index < -0.39 is 0 Å². The maximum atomic E-state index is 12.0. The number of fused-ring (bicyclic) bond motifs is 1. The van der Waals surface area contributed by atoms with Crippen LogP contribution in [0.4, 0.5) is 0 Å². The van der Waals surface area contributed by atoms with Crippen LogP contribution in [-0.4, -0.2) is 28.6 Å². The van der Waals surface area contributed by atoms with Crippen LogP contribution < -0.4 is 10.1 Å². The second-order valence-corrected chi connectivity index (χ2v) is 9.76. The van der Waals surface area contributed by atoms with Crippen LogP contribution in [0.15, 0.2) is 54.6 Å². The highest BCUT2D eigenvalue weighted by Crippen LogP contribution is 2.19. The predicted molar refractivity (Wildman–Crippen MR) is 149 cm³/mol. The summed E-state index contributed by atoms with van der Waals surface area (Å²) in [4.78, 5) is 16.9. The van der Waals surface area contributed by atoms with Gasteiger partial charge in [-0.3, -0.25) is 4.79 Å². The fourth-order valence-corrected chi connectivity index (χ4v) is 4.68. The van der Waals surface area contributed by atoms with Gasteiger partial charge in [-0.05, 0) is 43.5 Å². The van der Waals surface area contributed by atoms with Crippen molar-refractivity contribution >= 4 is 16.9 Å². The van der Waals surface area contributed by atoms with Crippen LogP contribution in [0, 0.1) is 0 Å². The number of hydrogen-bond acceptors (Lipinski definition) is 3. The molecule has 3 aromatic rings. The molecule has 2 aromatic carbocycles. The van der Waals surface area contributed by atoms with Gasteiger partial charge < -0.3 is 14.6 Å². The molecule has 5 heteroatoms. The van der Waals surface area contributed by atoms with Crippen molar-refractivity contribution in [3.63, 3.8) is 0 Å². The number of carbonyl (C=O) groups is 1. The fourth-order valence-electron chi connectivity index (χ4n) is 4.68. The number of aromatic nitrogens is 2. The van der Waals surface area contributed by atoms with Crippen molar-refractivity contribution in [3.8, 4) is 5.75 Å². The van der Waals surface area contributed by atoms with Crippen LogP contribution >= 0.6 is 0 Å². The maximum Gasteiger partial charge on any atom is 0.257 e. The molecule has 36 heavy (non-hydrogen) atoms. The van der Waals surface area contributed by atoms with E-state index in [1.807, 2.05) is 30.3 Å². The number of aryl methyl sites for hydroxylation is 2. The van der Waals surface area contributed by atoms with Gasteiger partial charge in [0.05, 0.1) is 11.0 Å². The number of para-hydroxylation sites is 3. The Morgan fingerprint density at radius 3 is 2.25 bits per heavy atom. The molecule has 0 aliphatic rings. The molecule has 3 rings (SSSR count). The summed E-state index contributed by atoms with van der Waals surface area (Å²) >= 11 is 0. The van der Waals surface area contributed by atoms with Gasteiger partial charge in [-0.2, -0.15) is 0 Å². The molecular weight excluding hydrogens is 446 g/mol. The maximum absolute atomic E-state index is 12.0. The molecule has 1 amide bonds. The summed E-state index contributed by atoms with van der Waals surface area (Å²) in [5, 5.41) is 2.96. The first-order valence-corrected chi connectivity index (χ1v) is 14.2. The number of ether oxygens (including phenoxy) is 1. The molecule has 1 N–H and O–H groups in total. The van der Waals surface area contributed by atoms with Gasteiger partial charge >= 0.3 is 0 Å². The first-order chi connectivity index (χ1) is 17.8. The number of nitrogens with one attached hydrogen (secondary N) is 1. The lowest BCUT2D eigenvalue weighted by atomic mass is 10.1. The first-order valence-electron chi connectivity index (χ1n) is 14.2. The fraction of sp³-hybridized carbons (Fsp3) is 0.548. The smallest absolute Gasteiger partial charge is 0.257 e. The van der Waals surface area contributed by atoms with E-state index in [9.17, 15) is 4.79 Å². The highest BCUT2D eigenvalue weighted by molar-refractivity contribution is 5.77. The van der Waals surface area contributed by atoms with E-state index in [-0.39, 0.29) is 12.5 Å². The topological polar surface area (TPSA) is 56.2 Å². The van der Waals surface area contributed by atoms with Gasteiger partial charge in [-0.1, -0.05) is 95.0 Å². The standard InChI is InChI=1S/C31H45N3O2/c1-2-3-4-5-6-7-8-9-18-25-34-29-22-16-15-21-28(29)33-30(34)23-14-11-17-24-32-31(35)26-36-27-19-12-10-13-20-27/h10,12-13,15-16,19-22H,2-9,11,14,17-18,23-26H2,1H3,(H,32,35). The van der Waals surface area contributed by atoms with Gasteiger partial charge in [0.15, 0.2) is 6.61 Å². The van der Waals surface area contributed by atoms with Gasteiger partial charge in [0, 0.05) is 19.5 Å². The Labute approximate surface area is 217 Å². The second kappa shape index (κ2) is 16.8. The number of hydrogen-bond donors (Lipinski definition) is 1. The van der Waals surface area contributed by atoms with E-state index in [1.165, 1.54) is 69.1 Å². The lowest BCUT2D eigenvalue weighted by molar-refractivity contribution is -0.123. The molecule has 0 unspecified atom stereocenters. The normalized spacial score (nSPS) is 11.1. The van der Waals surface area contributed by atoms with Crippen LogP contribution in [0.25, 0.3) is 11.0 Å². The molecule has 0 bridgehead atoms. The summed E-state index contributed by atoms with van der Waals surface area (Å²) in [6.45, 7) is 4.08. The number of nitrogens with zero attached hydrogens (tertiary/aromatic N) is 2. The molecule has 1 heterocycles. The van der Waals surface area contributed by atoms with Crippen molar-refractivity contribution in [3.05, 3.63) is 60.4 Å². The molecular formula is C31H45N3O2. The van der Waals surface area contributed by atoms with Crippen LogP contribution in [0.2, 0.25) is 0 Å². The Hall–Kier alpha value is -2.82. The summed E-state index contributed by atoms with van der Waals surface area (Å²) in [5.41, 5.74) is 2.37. The summed E-state index contributed by atoms with van der Waals surface area (Å²) < 4.78 is 7.94. The van der Waals surface area contributed by atoms with Crippen molar-refractivity contribution in [2.24, 2.45) is 0 Å². The van der Waals surface area contributed by atoms with Crippen molar-refractivity contribution in [1.29, 1.82) is 0 Å². The summed E-state index contributed by atoms with van der Waals surface area (Å²) in [6, 6.07) is 18.0. The van der Waals surface area contributed by atoms with Crippen LogP contribution in [-0.2, 0) is 17.8 Å². The Balaban J connectivity index is 1.33. The molecule has 0 radical (unpaired) electrons. The number of amides is 1. The van der Waals surface area contributed by atoms with Crippen molar-refractivity contribution in [1.82, 2.24) is 14.9 Å². The number of imidazole rings is 1. The molecule has 0 spiro atoms. The highest BCUT2D eigenvalue weighted by atomic mass is 16.5. The third kappa shape index (κ3) is 10.0. The quantitative estimate of drug-likeness (QED) is 0.177. The molecule has 1 aromatic heterocycles. The lowest BCUT2D eigenvalue weighted by Crippen LogP contribution is -2.29. The molecule has 196 valence electrons. The van der Waals surface area contributed by atoms with Gasteiger partial charge in [0.2, 0.25) is 0 Å². The first kappa shape index (κ1) is 27.8. The minimum absolute atomic E-state index is 0.0624. The zero-order valence-electron chi connectivity index (χ0n) is 22.2. The Morgan fingerprint density at radius 1 is 0.806 bits per heavy atom. The second-order valence-electron chi connectivity index (χ2n) is 9.76. The summed E-state index contributed by atoms with van der Waals surface area (Å²) in [5.74, 6) is 1.86. The van der Waals surface area contributed by atoms with Crippen LogP contribution in [0.1, 0.15) is 89.8 Å². The van der Waals surface area contributed by atoms with Crippen LogP contribution in [0.5, 0.6) is 5.75 Å². The molecule has 5 nitrogen and oxygen atoms in total. The van der Waals surface area contributed by atoms with Crippen LogP contribution in [0.3, 0.4) is 0 Å². The lowest BCUT2D eigenvalue weighted by Gasteiger charge is -2.10. The summed E-state index contributed by atoms with van der Waals surface area (Å²) in [6.07, 6.45) is 16.2. The highest BCUT2D eigenvalue weighted by Gasteiger charge is 2.10. The Kier molecular flexibility index (Phi) is 12.9. The predicted octanol–water partition coefficient (Wildman–Crippen LogP) is 7.48. The molecule has 0 aliphatic carbocycles. The zero-order valence-corrected chi connectivity index (χ0v) is 22.2. The molecule has 0 aliphatic heterocycles. The zero-order chi connectivity index (χ0) is 25.3. The van der Waals surface area contributed by atoms with Gasteiger partial charge in [0.25, 0.3) is 5.91 Å². The van der Waals surface area contributed by atoms with E-state index in [2.05, 4.69) is 41.1 Å². The monoisotopic (exact) mass is 491 g/mol. The van der Waals surface area contributed by atoms with E-state index in [0.717, 1.165) is 43.5 Å². The molecule has 0 saturated carbocycles. The third-order valence-corrected chi connectivity index (χ3v) is 6.73. The molecule has 0 fully saturated rings. The molecule has 0 atom stereocenters. The third-order valence-electron chi connectivity index (χ3n) is 6.73. The number of rotatable bonds is 19. The SMILES string of the molecule is CCCCCCCCCCCn1c(CCCCCNC(=O)COc2ccccc2)nc2ccccc21. The van der Waals surface area contributed by atoms with Gasteiger partial charge in [-0.15, -0.1) is 0 Å². The Bertz CT molecular complexity index is 999. The molecule has 0 saturated heterocycles. The van der Waals surface area contributed by atoms with Gasteiger partial charge in [-0.25, -0.2) is 4.98 Å². The average Bonchev–Trinajstić information content (AvgIpc) is 3.26. The number of benzene rings is 2. The van der Waals surface area contributed by atoms with E-state index >= 15 is 0 Å². The van der Waals surface area contributed by atoms with Crippen molar-refractivity contribution < 1.29 is 9.53 Å². The average molecular weight is 492 g/mol. The van der Waals surface area contributed by atoms with Crippen molar-refractivity contribution in [2.75, 3.05) is 13.2 Å². The summed E-state index contributed by atoms with van der Waals surface area (Å²) in [7, 11) is 0. The minimum atomic E-state index is -0.0680. The number of unbranched alkanes of at least 4 members (excludes halogenated alkanes) is 10. The minimum Gasteiger partial charge on any atom is -0.484 e. The van der Waals surface area contributed by atoms with E-state index in [1.54, 1.807) is 0 Å². The largest absolute Gasteiger partial charge is 0.484 e. The van der Waals surface area contributed by atoms with Crippen molar-refractivity contribution in [2.45, 2.75) is 96.9 Å². The van der Waals surface area contributed by atoms with E-state index in [0.29, 0.717) is 6.54 Å².